The van der Waals surface area contributed by atoms with Crippen molar-refractivity contribution in [2.24, 2.45) is 5.84 Å². The van der Waals surface area contributed by atoms with Crippen molar-refractivity contribution >= 4 is 23.0 Å². The number of benzene rings is 3. The lowest BCUT2D eigenvalue weighted by Gasteiger charge is -2.42. The summed E-state index contributed by atoms with van der Waals surface area (Å²) in [5, 5.41) is 23.2. The van der Waals surface area contributed by atoms with E-state index >= 15 is 0 Å². The minimum absolute atomic E-state index is 0.0480. The zero-order chi connectivity index (χ0) is 20.9. The predicted molar refractivity (Wildman–Crippen MR) is 112 cm³/mol. The molecule has 0 saturated carbocycles. The Bertz CT molecular complexity index is 1130. The molecule has 8 nitrogen and oxygen atoms in total. The lowest BCUT2D eigenvalue weighted by atomic mass is 9.76. The molecular formula is C21H17N3O5S. The number of phenols is 2. The largest absolute Gasteiger partial charge is 0.508 e. The molecule has 0 unspecified atom stereocenters. The summed E-state index contributed by atoms with van der Waals surface area (Å²) in [4.78, 5) is 11.6. The van der Waals surface area contributed by atoms with E-state index < -0.39 is 5.60 Å². The molecule has 3 aromatic carbocycles. The standard InChI is InChI=1S/C21H17N3O5S/c22-24-20(30)23-12-1-4-15-11(7-12)10-27-29-21(15)16-5-2-13(25)8-18(16)28-19-9-14(26)3-6-17(19)21/h1-9,25-26H,10,22H2,(H2,23,24,30). The number of phenolic OH excluding ortho intramolecular Hbond substituents is 2. The number of ether oxygens (including phenoxy) is 1. The van der Waals surface area contributed by atoms with Gasteiger partial charge in [-0.05, 0) is 54.2 Å². The van der Waals surface area contributed by atoms with Gasteiger partial charge in [0.1, 0.15) is 29.6 Å². The Morgan fingerprint density at radius 1 is 0.933 bits per heavy atom. The van der Waals surface area contributed by atoms with E-state index in [4.69, 9.17) is 32.6 Å². The van der Waals surface area contributed by atoms with E-state index in [1.165, 1.54) is 12.1 Å². The molecule has 5 rings (SSSR count). The second kappa shape index (κ2) is 6.85. The van der Waals surface area contributed by atoms with Crippen LogP contribution in [0, 0.1) is 0 Å². The summed E-state index contributed by atoms with van der Waals surface area (Å²) < 4.78 is 5.97. The first kappa shape index (κ1) is 18.6. The summed E-state index contributed by atoms with van der Waals surface area (Å²) in [5.74, 6) is 6.25. The van der Waals surface area contributed by atoms with Crippen molar-refractivity contribution in [3.05, 3.63) is 76.9 Å². The minimum atomic E-state index is -1.15. The van der Waals surface area contributed by atoms with Crippen molar-refractivity contribution in [2.75, 3.05) is 5.32 Å². The monoisotopic (exact) mass is 423 g/mol. The van der Waals surface area contributed by atoms with Crippen molar-refractivity contribution in [3.8, 4) is 23.0 Å². The number of hydrogen-bond donors (Lipinski definition) is 5. The highest BCUT2D eigenvalue weighted by Gasteiger charge is 2.49. The van der Waals surface area contributed by atoms with Crippen molar-refractivity contribution in [2.45, 2.75) is 12.2 Å². The van der Waals surface area contributed by atoms with Gasteiger partial charge in [0, 0.05) is 34.5 Å². The second-order valence-corrected chi connectivity index (χ2v) is 7.37. The molecule has 0 saturated heterocycles. The van der Waals surface area contributed by atoms with Crippen LogP contribution in [-0.4, -0.2) is 15.3 Å². The molecular weight excluding hydrogens is 406 g/mol. The number of aromatic hydroxyl groups is 2. The van der Waals surface area contributed by atoms with Gasteiger partial charge < -0.3 is 25.7 Å². The Kier molecular flexibility index (Phi) is 4.26. The highest BCUT2D eigenvalue weighted by molar-refractivity contribution is 7.80. The molecule has 2 heterocycles. The zero-order valence-corrected chi connectivity index (χ0v) is 16.3. The molecule has 30 heavy (non-hydrogen) atoms. The van der Waals surface area contributed by atoms with Crippen LogP contribution in [0.2, 0.25) is 0 Å². The van der Waals surface area contributed by atoms with Gasteiger partial charge in [0.15, 0.2) is 10.7 Å². The maximum atomic E-state index is 9.98. The molecule has 2 aliphatic rings. The highest BCUT2D eigenvalue weighted by atomic mass is 32.1. The number of anilines is 1. The molecule has 0 amide bonds. The molecule has 0 fully saturated rings. The SMILES string of the molecule is NNC(=S)Nc1ccc2c(c1)COOC21c2ccc(O)cc2Oc2cc(O)ccc21. The third-order valence-electron chi connectivity index (χ3n) is 5.18. The van der Waals surface area contributed by atoms with Crippen LogP contribution in [0.15, 0.2) is 54.6 Å². The van der Waals surface area contributed by atoms with Crippen LogP contribution in [0.1, 0.15) is 22.3 Å². The molecule has 1 spiro atoms. The first-order valence-electron chi connectivity index (χ1n) is 9.08. The fourth-order valence-corrected chi connectivity index (χ4v) is 4.06. The van der Waals surface area contributed by atoms with Crippen LogP contribution >= 0.6 is 12.2 Å². The number of hydrogen-bond acceptors (Lipinski definition) is 7. The van der Waals surface area contributed by atoms with Gasteiger partial charge >= 0.3 is 0 Å². The number of hydrazine groups is 1. The number of nitrogens with two attached hydrogens (primary N) is 1. The van der Waals surface area contributed by atoms with Gasteiger partial charge in [-0.2, -0.15) is 0 Å². The van der Waals surface area contributed by atoms with Crippen molar-refractivity contribution in [3.63, 3.8) is 0 Å². The van der Waals surface area contributed by atoms with Crippen molar-refractivity contribution in [1.82, 2.24) is 5.43 Å². The third-order valence-corrected chi connectivity index (χ3v) is 5.40. The molecule has 3 aromatic rings. The Morgan fingerprint density at radius 2 is 1.57 bits per heavy atom. The molecule has 9 heteroatoms. The van der Waals surface area contributed by atoms with Gasteiger partial charge in [-0.1, -0.05) is 6.07 Å². The van der Waals surface area contributed by atoms with Crippen LogP contribution in [-0.2, 0) is 22.0 Å². The van der Waals surface area contributed by atoms with Crippen molar-refractivity contribution in [1.29, 1.82) is 0 Å². The average molecular weight is 423 g/mol. The average Bonchev–Trinajstić information content (AvgIpc) is 2.73. The quantitative estimate of drug-likeness (QED) is 0.174. The maximum Gasteiger partial charge on any atom is 0.186 e. The van der Waals surface area contributed by atoms with E-state index in [0.717, 1.165) is 16.8 Å². The van der Waals surface area contributed by atoms with Crippen LogP contribution in [0.25, 0.3) is 0 Å². The topological polar surface area (TPSA) is 118 Å². The van der Waals surface area contributed by atoms with Crippen molar-refractivity contribution < 1.29 is 24.7 Å². The van der Waals surface area contributed by atoms with Gasteiger partial charge in [0.2, 0.25) is 0 Å². The summed E-state index contributed by atoms with van der Waals surface area (Å²) in [5.41, 5.74) is 5.01. The third kappa shape index (κ3) is 2.76. The first-order valence-corrected chi connectivity index (χ1v) is 9.48. The molecule has 152 valence electrons. The summed E-state index contributed by atoms with van der Waals surface area (Å²) >= 11 is 5.07. The Balaban J connectivity index is 1.75. The summed E-state index contributed by atoms with van der Waals surface area (Å²) in [7, 11) is 0. The van der Waals surface area contributed by atoms with E-state index in [0.29, 0.717) is 22.6 Å². The Labute approximate surface area is 176 Å². The first-order chi connectivity index (χ1) is 14.5. The fourth-order valence-electron chi connectivity index (χ4n) is 3.94. The van der Waals surface area contributed by atoms with Gasteiger partial charge in [0.25, 0.3) is 0 Å². The molecule has 0 radical (unpaired) electrons. The smallest absolute Gasteiger partial charge is 0.186 e. The van der Waals surface area contributed by atoms with Gasteiger partial charge in [0.05, 0.1) is 0 Å². The maximum absolute atomic E-state index is 9.98. The molecule has 0 bridgehead atoms. The van der Waals surface area contributed by atoms with Crippen LogP contribution in [0.4, 0.5) is 5.69 Å². The lowest BCUT2D eigenvalue weighted by molar-refractivity contribution is -0.363. The Morgan fingerprint density at radius 3 is 2.20 bits per heavy atom. The Hall–Kier alpha value is -3.37. The minimum Gasteiger partial charge on any atom is -0.508 e. The summed E-state index contributed by atoms with van der Waals surface area (Å²) in [6, 6.07) is 15.3. The lowest BCUT2D eigenvalue weighted by Crippen LogP contribution is -2.39. The van der Waals surface area contributed by atoms with Gasteiger partial charge in [-0.3, -0.25) is 0 Å². The van der Waals surface area contributed by atoms with E-state index in [2.05, 4.69) is 10.7 Å². The predicted octanol–water partition coefficient (Wildman–Crippen LogP) is 3.12. The van der Waals surface area contributed by atoms with E-state index in [-0.39, 0.29) is 23.2 Å². The van der Waals surface area contributed by atoms with E-state index in [9.17, 15) is 10.2 Å². The van der Waals surface area contributed by atoms with Crippen LogP contribution in [0.5, 0.6) is 23.0 Å². The molecule has 0 atom stereocenters. The van der Waals surface area contributed by atoms with Gasteiger partial charge in [-0.15, -0.1) is 0 Å². The van der Waals surface area contributed by atoms with E-state index in [1.54, 1.807) is 24.3 Å². The van der Waals surface area contributed by atoms with E-state index in [1.807, 2.05) is 18.2 Å². The van der Waals surface area contributed by atoms with Crippen LogP contribution < -0.4 is 21.3 Å². The zero-order valence-electron chi connectivity index (χ0n) is 15.5. The summed E-state index contributed by atoms with van der Waals surface area (Å²) in [6.45, 7) is 0.219. The number of nitrogens with one attached hydrogen (secondary N) is 2. The number of fused-ring (bicyclic) bond motifs is 6. The molecule has 2 aliphatic heterocycles. The highest BCUT2D eigenvalue weighted by Crippen LogP contribution is 2.55. The molecule has 0 aliphatic carbocycles. The molecule has 0 aromatic heterocycles. The van der Waals surface area contributed by atoms with Crippen LogP contribution in [0.3, 0.4) is 0 Å². The normalized spacial score (nSPS) is 15.4. The summed E-state index contributed by atoms with van der Waals surface area (Å²) in [6.07, 6.45) is 0. The fraction of sp³-hybridized carbons (Fsp3) is 0.0952. The number of rotatable bonds is 1. The molecule has 6 N–H and O–H groups in total. The second-order valence-electron chi connectivity index (χ2n) is 6.96. The number of thiocarbonyl (C=S) groups is 1. The van der Waals surface area contributed by atoms with Gasteiger partial charge in [-0.25, -0.2) is 15.6 Å².